The summed E-state index contributed by atoms with van der Waals surface area (Å²) in [7, 11) is 0. The van der Waals surface area contributed by atoms with Crippen LogP contribution in [0.4, 0.5) is 0 Å². The van der Waals surface area contributed by atoms with Crippen LogP contribution >= 0.6 is 24.0 Å². The summed E-state index contributed by atoms with van der Waals surface area (Å²) in [4.78, 5) is 14.1. The molecule has 90 valence electrons. The SMILES string of the molecule is Cc1cc(CCCC(=O)NCCS)c(C)s1. The number of thiophene rings is 1. The molecule has 1 N–H and O–H groups in total. The molecule has 0 aliphatic carbocycles. The van der Waals surface area contributed by atoms with Crippen molar-refractivity contribution in [1.29, 1.82) is 0 Å². The Morgan fingerprint density at radius 1 is 1.50 bits per heavy atom. The number of aryl methyl sites for hydroxylation is 3. The van der Waals surface area contributed by atoms with E-state index in [1.165, 1.54) is 15.3 Å². The van der Waals surface area contributed by atoms with Gasteiger partial charge in [-0.2, -0.15) is 12.6 Å². The summed E-state index contributed by atoms with van der Waals surface area (Å²) < 4.78 is 0. The summed E-state index contributed by atoms with van der Waals surface area (Å²) in [6.07, 6.45) is 2.54. The molecule has 0 saturated heterocycles. The van der Waals surface area contributed by atoms with Crippen LogP contribution in [0.1, 0.15) is 28.2 Å². The Bertz CT molecular complexity index is 347. The Morgan fingerprint density at radius 3 is 2.81 bits per heavy atom. The topological polar surface area (TPSA) is 29.1 Å². The smallest absolute Gasteiger partial charge is 0.220 e. The number of thiol groups is 1. The van der Waals surface area contributed by atoms with Crippen LogP contribution in [0, 0.1) is 13.8 Å². The first kappa shape index (κ1) is 13.6. The van der Waals surface area contributed by atoms with Crippen LogP contribution in [0.3, 0.4) is 0 Å². The van der Waals surface area contributed by atoms with E-state index in [1.54, 1.807) is 0 Å². The highest BCUT2D eigenvalue weighted by molar-refractivity contribution is 7.80. The zero-order chi connectivity index (χ0) is 12.0. The monoisotopic (exact) mass is 257 g/mol. The molecular weight excluding hydrogens is 238 g/mol. The maximum absolute atomic E-state index is 11.3. The van der Waals surface area contributed by atoms with Crippen molar-refractivity contribution in [3.05, 3.63) is 21.4 Å². The van der Waals surface area contributed by atoms with Gasteiger partial charge in [0, 0.05) is 28.5 Å². The average molecular weight is 257 g/mol. The van der Waals surface area contributed by atoms with Crippen molar-refractivity contribution in [2.75, 3.05) is 12.3 Å². The molecule has 0 saturated carbocycles. The van der Waals surface area contributed by atoms with Crippen LogP contribution in [0.25, 0.3) is 0 Å². The van der Waals surface area contributed by atoms with Crippen LogP contribution in [0.5, 0.6) is 0 Å². The Kier molecular flexibility index (Phi) is 5.91. The zero-order valence-electron chi connectivity index (χ0n) is 9.88. The fourth-order valence-corrected chi connectivity index (χ4v) is 2.74. The summed E-state index contributed by atoms with van der Waals surface area (Å²) in [6, 6.07) is 2.23. The lowest BCUT2D eigenvalue weighted by Gasteiger charge is -2.03. The van der Waals surface area contributed by atoms with Crippen molar-refractivity contribution in [1.82, 2.24) is 5.32 Å². The maximum Gasteiger partial charge on any atom is 0.220 e. The van der Waals surface area contributed by atoms with E-state index in [-0.39, 0.29) is 5.91 Å². The van der Waals surface area contributed by atoms with Crippen molar-refractivity contribution < 1.29 is 4.79 Å². The van der Waals surface area contributed by atoms with Gasteiger partial charge in [-0.15, -0.1) is 11.3 Å². The van der Waals surface area contributed by atoms with Crippen molar-refractivity contribution in [3.63, 3.8) is 0 Å². The summed E-state index contributed by atoms with van der Waals surface area (Å²) in [5.41, 5.74) is 1.39. The molecule has 1 aromatic rings. The van der Waals surface area contributed by atoms with Crippen molar-refractivity contribution in [2.24, 2.45) is 0 Å². The van der Waals surface area contributed by atoms with Crippen LogP contribution in [0.2, 0.25) is 0 Å². The van der Waals surface area contributed by atoms with Crippen LogP contribution in [0.15, 0.2) is 6.07 Å². The van der Waals surface area contributed by atoms with Crippen LogP contribution in [-0.2, 0) is 11.2 Å². The fraction of sp³-hybridized carbons (Fsp3) is 0.583. The van der Waals surface area contributed by atoms with Gasteiger partial charge in [-0.25, -0.2) is 0 Å². The van der Waals surface area contributed by atoms with E-state index in [0.29, 0.717) is 18.7 Å². The maximum atomic E-state index is 11.3. The van der Waals surface area contributed by atoms with Crippen molar-refractivity contribution in [3.8, 4) is 0 Å². The molecule has 0 aliphatic heterocycles. The van der Waals surface area contributed by atoms with E-state index >= 15 is 0 Å². The van der Waals surface area contributed by atoms with Crippen LogP contribution in [-0.4, -0.2) is 18.2 Å². The number of carbonyl (C=O) groups is 1. The minimum absolute atomic E-state index is 0.138. The predicted molar refractivity (Wildman–Crippen MR) is 73.6 cm³/mol. The molecule has 1 amide bonds. The molecule has 0 atom stereocenters. The first-order valence-corrected chi connectivity index (χ1v) is 7.02. The molecule has 16 heavy (non-hydrogen) atoms. The van der Waals surface area contributed by atoms with Gasteiger partial charge in [0.15, 0.2) is 0 Å². The van der Waals surface area contributed by atoms with E-state index in [0.717, 1.165) is 12.8 Å². The Balaban J connectivity index is 2.25. The largest absolute Gasteiger partial charge is 0.355 e. The number of hydrogen-bond acceptors (Lipinski definition) is 3. The zero-order valence-corrected chi connectivity index (χ0v) is 11.6. The molecule has 1 aromatic heterocycles. The third-order valence-corrected chi connectivity index (χ3v) is 3.66. The van der Waals surface area contributed by atoms with Gasteiger partial charge in [0.2, 0.25) is 5.91 Å². The Labute approximate surface area is 107 Å². The second kappa shape index (κ2) is 6.97. The van der Waals surface area contributed by atoms with E-state index < -0.39 is 0 Å². The summed E-state index contributed by atoms with van der Waals surface area (Å²) in [5, 5.41) is 2.83. The first-order chi connectivity index (χ1) is 7.63. The Morgan fingerprint density at radius 2 is 2.25 bits per heavy atom. The van der Waals surface area contributed by atoms with E-state index in [4.69, 9.17) is 0 Å². The van der Waals surface area contributed by atoms with Gasteiger partial charge >= 0.3 is 0 Å². The highest BCUT2D eigenvalue weighted by atomic mass is 32.1. The molecule has 1 rings (SSSR count). The van der Waals surface area contributed by atoms with Gasteiger partial charge in [-0.3, -0.25) is 4.79 Å². The molecule has 0 spiro atoms. The van der Waals surface area contributed by atoms with Gasteiger partial charge in [0.05, 0.1) is 0 Å². The third kappa shape index (κ3) is 4.58. The summed E-state index contributed by atoms with van der Waals surface area (Å²) in [6.45, 7) is 4.94. The van der Waals surface area contributed by atoms with Gasteiger partial charge in [-0.05, 0) is 38.3 Å². The minimum atomic E-state index is 0.138. The van der Waals surface area contributed by atoms with Crippen LogP contribution < -0.4 is 5.32 Å². The standard InChI is InChI=1S/C12H19NOS2/c1-9-8-11(10(2)16-9)4-3-5-12(14)13-6-7-15/h8,15H,3-7H2,1-2H3,(H,13,14). The molecule has 0 bridgehead atoms. The molecule has 0 aliphatic rings. The lowest BCUT2D eigenvalue weighted by atomic mass is 10.1. The lowest BCUT2D eigenvalue weighted by molar-refractivity contribution is -0.121. The molecule has 0 fully saturated rings. The van der Waals surface area contributed by atoms with E-state index in [9.17, 15) is 4.79 Å². The van der Waals surface area contributed by atoms with E-state index in [2.05, 4.69) is 37.9 Å². The summed E-state index contributed by atoms with van der Waals surface area (Å²) in [5.74, 6) is 0.841. The van der Waals surface area contributed by atoms with Gasteiger partial charge in [0.1, 0.15) is 0 Å². The number of carbonyl (C=O) groups excluding carboxylic acids is 1. The fourth-order valence-electron chi connectivity index (χ4n) is 1.65. The molecule has 1 heterocycles. The molecular formula is C12H19NOS2. The molecule has 4 heteroatoms. The molecule has 0 unspecified atom stereocenters. The number of nitrogens with one attached hydrogen (secondary N) is 1. The van der Waals surface area contributed by atoms with Crippen molar-refractivity contribution in [2.45, 2.75) is 33.1 Å². The highest BCUT2D eigenvalue weighted by Crippen LogP contribution is 2.21. The molecule has 0 aromatic carbocycles. The van der Waals surface area contributed by atoms with Gasteiger partial charge in [0.25, 0.3) is 0 Å². The van der Waals surface area contributed by atoms with Gasteiger partial charge < -0.3 is 5.32 Å². The highest BCUT2D eigenvalue weighted by Gasteiger charge is 2.04. The normalized spacial score (nSPS) is 10.4. The lowest BCUT2D eigenvalue weighted by Crippen LogP contribution is -2.24. The molecule has 2 nitrogen and oxygen atoms in total. The second-order valence-electron chi connectivity index (χ2n) is 3.87. The molecule has 0 radical (unpaired) electrons. The number of amides is 1. The quantitative estimate of drug-likeness (QED) is 0.754. The minimum Gasteiger partial charge on any atom is -0.355 e. The number of rotatable bonds is 6. The van der Waals surface area contributed by atoms with E-state index in [1.807, 2.05) is 11.3 Å². The third-order valence-electron chi connectivity index (χ3n) is 2.43. The van der Waals surface area contributed by atoms with Crippen molar-refractivity contribution >= 4 is 29.9 Å². The average Bonchev–Trinajstić information content (AvgIpc) is 2.55. The summed E-state index contributed by atoms with van der Waals surface area (Å²) >= 11 is 5.88. The number of hydrogen-bond donors (Lipinski definition) is 2. The predicted octanol–water partition coefficient (Wildman–Crippen LogP) is 2.73. The Hall–Kier alpha value is -0.480. The van der Waals surface area contributed by atoms with Gasteiger partial charge in [-0.1, -0.05) is 0 Å². The second-order valence-corrected chi connectivity index (χ2v) is 5.77. The first-order valence-electron chi connectivity index (χ1n) is 5.57.